The molecular weight excluding hydrogens is 334 g/mol. The molecule has 0 radical (unpaired) electrons. The van der Waals surface area contributed by atoms with E-state index in [-0.39, 0.29) is 24.2 Å². The summed E-state index contributed by atoms with van der Waals surface area (Å²) in [7, 11) is 0. The van der Waals surface area contributed by atoms with Gasteiger partial charge >= 0.3 is 0 Å². The van der Waals surface area contributed by atoms with Crippen molar-refractivity contribution in [3.63, 3.8) is 0 Å². The maximum Gasteiger partial charge on any atom is 0.198 e. The Morgan fingerprint density at radius 2 is 1.60 bits per heavy atom. The maximum atomic E-state index is 5.92. The van der Waals surface area contributed by atoms with Crippen LogP contribution < -0.4 is 4.74 Å². The van der Waals surface area contributed by atoms with E-state index in [1.54, 1.807) is 0 Å². The second-order valence-corrected chi connectivity index (χ2v) is 6.23. The number of halogens is 1. The molecule has 0 saturated heterocycles. The van der Waals surface area contributed by atoms with Crippen molar-refractivity contribution in [1.82, 2.24) is 4.90 Å². The smallest absolute Gasteiger partial charge is 0.198 e. The molecular formula is C21H28ClNO2. The lowest BCUT2D eigenvalue weighted by Gasteiger charge is -2.38. The standard InChI is InChI=1S/C21H27NO2.ClH/c1-5-16-22(21(3,4)19-12-8-6-9-13-19)17-23-18(2)24-20-14-10-7-11-15-20;/h5-15,18H,1,16-17H2,2-4H3;1H. The Kier molecular flexibility index (Phi) is 8.70. The number of benzene rings is 2. The molecule has 0 amide bonds. The molecule has 0 heterocycles. The van der Waals surface area contributed by atoms with E-state index in [0.717, 1.165) is 12.3 Å². The van der Waals surface area contributed by atoms with Gasteiger partial charge in [-0.25, -0.2) is 0 Å². The number of para-hydroxylation sites is 1. The highest BCUT2D eigenvalue weighted by molar-refractivity contribution is 5.85. The van der Waals surface area contributed by atoms with Crippen molar-refractivity contribution in [2.75, 3.05) is 13.3 Å². The Bertz CT molecular complexity index is 616. The Balaban J connectivity index is 0.00000312. The summed E-state index contributed by atoms with van der Waals surface area (Å²) in [6.45, 7) is 11.4. The first-order chi connectivity index (χ1) is 11.5. The molecule has 1 atom stereocenters. The summed E-state index contributed by atoms with van der Waals surface area (Å²) in [5.41, 5.74) is 1.08. The van der Waals surface area contributed by atoms with Crippen LogP contribution in [0.1, 0.15) is 26.3 Å². The normalized spacial score (nSPS) is 12.3. The first-order valence-corrected chi connectivity index (χ1v) is 8.29. The fourth-order valence-electron chi connectivity index (χ4n) is 2.55. The van der Waals surface area contributed by atoms with E-state index in [4.69, 9.17) is 9.47 Å². The van der Waals surface area contributed by atoms with E-state index in [9.17, 15) is 0 Å². The van der Waals surface area contributed by atoms with Gasteiger partial charge in [-0.2, -0.15) is 0 Å². The summed E-state index contributed by atoms with van der Waals surface area (Å²) in [5, 5.41) is 0. The highest BCUT2D eigenvalue weighted by atomic mass is 35.5. The van der Waals surface area contributed by atoms with Gasteiger partial charge in [-0.1, -0.05) is 54.6 Å². The van der Waals surface area contributed by atoms with Gasteiger partial charge in [-0.05, 0) is 38.5 Å². The summed E-state index contributed by atoms with van der Waals surface area (Å²) >= 11 is 0. The van der Waals surface area contributed by atoms with Crippen molar-refractivity contribution in [3.05, 3.63) is 78.9 Å². The molecule has 0 aliphatic rings. The Morgan fingerprint density at radius 1 is 1.04 bits per heavy atom. The van der Waals surface area contributed by atoms with Gasteiger partial charge in [0.1, 0.15) is 12.5 Å². The minimum atomic E-state index is -0.328. The molecule has 2 aromatic rings. The maximum absolute atomic E-state index is 5.92. The number of hydrogen-bond donors (Lipinski definition) is 0. The number of nitrogens with zero attached hydrogens (tertiary/aromatic N) is 1. The average molecular weight is 362 g/mol. The molecule has 0 aliphatic carbocycles. The molecule has 0 aromatic heterocycles. The van der Waals surface area contributed by atoms with Gasteiger partial charge in [0.15, 0.2) is 6.29 Å². The summed E-state index contributed by atoms with van der Waals surface area (Å²) < 4.78 is 11.7. The molecule has 1 unspecified atom stereocenters. The SMILES string of the molecule is C=CCN(COC(C)Oc1ccccc1)C(C)(C)c1ccccc1.Cl. The van der Waals surface area contributed by atoms with Gasteiger partial charge in [-0.3, -0.25) is 4.90 Å². The van der Waals surface area contributed by atoms with Crippen molar-refractivity contribution in [3.8, 4) is 5.75 Å². The first-order valence-electron chi connectivity index (χ1n) is 8.29. The molecule has 0 aliphatic heterocycles. The predicted molar refractivity (Wildman–Crippen MR) is 106 cm³/mol. The van der Waals surface area contributed by atoms with Crippen LogP contribution >= 0.6 is 12.4 Å². The van der Waals surface area contributed by atoms with E-state index < -0.39 is 0 Å². The van der Waals surface area contributed by atoms with Crippen molar-refractivity contribution in [1.29, 1.82) is 0 Å². The summed E-state index contributed by atoms with van der Waals surface area (Å²) in [4.78, 5) is 2.24. The molecule has 4 heteroatoms. The van der Waals surface area contributed by atoms with Crippen molar-refractivity contribution < 1.29 is 9.47 Å². The molecule has 2 rings (SSSR count). The third-order valence-electron chi connectivity index (χ3n) is 4.13. The second-order valence-electron chi connectivity index (χ2n) is 6.23. The number of hydrogen-bond acceptors (Lipinski definition) is 3. The van der Waals surface area contributed by atoms with Crippen LogP contribution in [0.25, 0.3) is 0 Å². The van der Waals surface area contributed by atoms with E-state index in [1.807, 2.05) is 49.4 Å². The van der Waals surface area contributed by atoms with E-state index >= 15 is 0 Å². The van der Waals surface area contributed by atoms with Gasteiger partial charge in [0, 0.05) is 12.1 Å². The van der Waals surface area contributed by atoms with Crippen LogP contribution in [-0.4, -0.2) is 24.5 Å². The lowest BCUT2D eigenvalue weighted by Crippen LogP contribution is -2.44. The molecule has 136 valence electrons. The molecule has 25 heavy (non-hydrogen) atoms. The molecule has 0 N–H and O–H groups in total. The van der Waals surface area contributed by atoms with Crippen LogP contribution in [0, 0.1) is 0 Å². The highest BCUT2D eigenvalue weighted by Crippen LogP contribution is 2.27. The Labute approximate surface area is 157 Å². The van der Waals surface area contributed by atoms with Gasteiger partial charge < -0.3 is 9.47 Å². The third kappa shape index (κ3) is 6.20. The molecule has 0 fully saturated rings. The topological polar surface area (TPSA) is 21.7 Å². The molecule has 2 aromatic carbocycles. The predicted octanol–water partition coefficient (Wildman–Crippen LogP) is 5.23. The lowest BCUT2D eigenvalue weighted by molar-refractivity contribution is -0.123. The van der Waals surface area contributed by atoms with Gasteiger partial charge in [0.25, 0.3) is 0 Å². The third-order valence-corrected chi connectivity index (χ3v) is 4.13. The van der Waals surface area contributed by atoms with E-state index in [1.165, 1.54) is 5.56 Å². The zero-order chi connectivity index (χ0) is 17.4. The zero-order valence-electron chi connectivity index (χ0n) is 15.2. The van der Waals surface area contributed by atoms with Gasteiger partial charge in [0.05, 0.1) is 0 Å². The Morgan fingerprint density at radius 3 is 2.16 bits per heavy atom. The summed E-state index contributed by atoms with van der Waals surface area (Å²) in [5.74, 6) is 0.808. The zero-order valence-corrected chi connectivity index (χ0v) is 16.0. The first kappa shape index (κ1) is 21.2. The van der Waals surface area contributed by atoms with Crippen LogP contribution in [0.4, 0.5) is 0 Å². The van der Waals surface area contributed by atoms with Gasteiger partial charge in [-0.15, -0.1) is 19.0 Å². The largest absolute Gasteiger partial charge is 0.465 e. The van der Waals surface area contributed by atoms with Crippen molar-refractivity contribution in [2.24, 2.45) is 0 Å². The molecule has 3 nitrogen and oxygen atoms in total. The van der Waals surface area contributed by atoms with Crippen LogP contribution in [0.15, 0.2) is 73.3 Å². The van der Waals surface area contributed by atoms with Gasteiger partial charge in [0.2, 0.25) is 0 Å². The number of rotatable bonds is 9. The monoisotopic (exact) mass is 361 g/mol. The fraction of sp³-hybridized carbons (Fsp3) is 0.333. The minimum Gasteiger partial charge on any atom is -0.465 e. The number of ether oxygens (including phenoxy) is 2. The second kappa shape index (κ2) is 10.2. The quantitative estimate of drug-likeness (QED) is 0.451. The highest BCUT2D eigenvalue weighted by Gasteiger charge is 2.28. The molecule has 0 saturated carbocycles. The van der Waals surface area contributed by atoms with Crippen molar-refractivity contribution >= 4 is 12.4 Å². The van der Waals surface area contributed by atoms with Crippen molar-refractivity contribution in [2.45, 2.75) is 32.6 Å². The average Bonchev–Trinajstić information content (AvgIpc) is 2.60. The van der Waals surface area contributed by atoms with Crippen LogP contribution in [0.2, 0.25) is 0 Å². The van der Waals surface area contributed by atoms with E-state index in [2.05, 4.69) is 49.6 Å². The fourth-order valence-corrected chi connectivity index (χ4v) is 2.55. The lowest BCUT2D eigenvalue weighted by atomic mass is 9.92. The summed E-state index contributed by atoms with van der Waals surface area (Å²) in [6.07, 6.45) is 1.57. The van der Waals surface area contributed by atoms with Crippen LogP contribution in [0.3, 0.4) is 0 Å². The molecule has 0 spiro atoms. The van der Waals surface area contributed by atoms with Crippen LogP contribution in [-0.2, 0) is 10.3 Å². The molecule has 0 bridgehead atoms. The minimum absolute atomic E-state index is 0. The summed E-state index contributed by atoms with van der Waals surface area (Å²) in [6, 6.07) is 20.1. The Hall–Kier alpha value is -1.81. The van der Waals surface area contributed by atoms with E-state index in [0.29, 0.717) is 6.73 Å². The van der Waals surface area contributed by atoms with Crippen LogP contribution in [0.5, 0.6) is 5.75 Å².